The van der Waals surface area contributed by atoms with Gasteiger partial charge in [0.2, 0.25) is 0 Å². The highest BCUT2D eigenvalue weighted by atomic mass is 16.1. The highest BCUT2D eigenvalue weighted by Gasteiger charge is 2.09. The Morgan fingerprint density at radius 3 is 2.58 bits per heavy atom. The van der Waals surface area contributed by atoms with Crippen LogP contribution in [0, 0.1) is 0 Å². The fourth-order valence-electron chi connectivity index (χ4n) is 1.92. The molecule has 3 nitrogen and oxygen atoms in total. The molecule has 0 spiro atoms. The van der Waals surface area contributed by atoms with Gasteiger partial charge in [0, 0.05) is 17.3 Å². The summed E-state index contributed by atoms with van der Waals surface area (Å²) in [5.41, 5.74) is 8.10. The van der Waals surface area contributed by atoms with Gasteiger partial charge in [0.15, 0.2) is 5.78 Å². The van der Waals surface area contributed by atoms with Crippen LogP contribution in [0.3, 0.4) is 0 Å². The number of anilines is 1. The monoisotopic (exact) mass is 254 g/mol. The topological polar surface area (TPSA) is 55.1 Å². The first-order valence-electron chi connectivity index (χ1n) is 6.34. The van der Waals surface area contributed by atoms with Crippen LogP contribution >= 0.6 is 0 Å². The molecule has 0 aromatic heterocycles. The maximum Gasteiger partial charge on any atom is 0.176 e. The predicted molar refractivity (Wildman–Crippen MR) is 78.0 cm³/mol. The summed E-state index contributed by atoms with van der Waals surface area (Å²) in [5, 5.41) is 3.23. The molecule has 0 aliphatic carbocycles. The van der Waals surface area contributed by atoms with Crippen LogP contribution in [0.5, 0.6) is 0 Å². The molecule has 3 N–H and O–H groups in total. The minimum absolute atomic E-state index is 0.0510. The van der Waals surface area contributed by atoms with Gasteiger partial charge >= 0.3 is 0 Å². The van der Waals surface area contributed by atoms with E-state index in [-0.39, 0.29) is 11.8 Å². The van der Waals surface area contributed by atoms with Gasteiger partial charge in [-0.25, -0.2) is 0 Å². The molecule has 0 aliphatic heterocycles. The Kier molecular flexibility index (Phi) is 4.31. The summed E-state index contributed by atoms with van der Waals surface area (Å²) in [6.07, 6.45) is 0. The molecule has 3 heteroatoms. The van der Waals surface area contributed by atoms with E-state index in [0.717, 1.165) is 0 Å². The van der Waals surface area contributed by atoms with Crippen molar-refractivity contribution in [2.24, 2.45) is 0 Å². The molecular weight excluding hydrogens is 236 g/mol. The van der Waals surface area contributed by atoms with Crippen LogP contribution < -0.4 is 11.1 Å². The first-order valence-corrected chi connectivity index (χ1v) is 6.34. The smallest absolute Gasteiger partial charge is 0.176 e. The summed E-state index contributed by atoms with van der Waals surface area (Å²) in [7, 11) is 0. The molecule has 0 radical (unpaired) electrons. The number of Topliss-reactive ketones (excluding diaryl/α,β-unsaturated/α-hetero) is 1. The third kappa shape index (κ3) is 3.66. The van der Waals surface area contributed by atoms with Crippen LogP contribution in [0.4, 0.5) is 5.69 Å². The number of benzene rings is 2. The van der Waals surface area contributed by atoms with Crippen LogP contribution in [0.1, 0.15) is 28.9 Å². The number of nitrogen functional groups attached to an aromatic ring is 1. The molecule has 98 valence electrons. The van der Waals surface area contributed by atoms with Crippen molar-refractivity contribution < 1.29 is 4.79 Å². The molecule has 0 fully saturated rings. The number of hydrogen-bond acceptors (Lipinski definition) is 3. The van der Waals surface area contributed by atoms with Crippen LogP contribution in [-0.2, 0) is 0 Å². The number of nitrogens with two attached hydrogens (primary N) is 1. The molecule has 2 aromatic carbocycles. The van der Waals surface area contributed by atoms with Crippen molar-refractivity contribution in [1.29, 1.82) is 0 Å². The number of carbonyl (C=O) groups excluding carboxylic acids is 1. The van der Waals surface area contributed by atoms with Crippen molar-refractivity contribution in [1.82, 2.24) is 5.32 Å². The van der Waals surface area contributed by atoms with Crippen LogP contribution in [0.15, 0.2) is 54.6 Å². The van der Waals surface area contributed by atoms with Gasteiger partial charge in [-0.3, -0.25) is 4.79 Å². The van der Waals surface area contributed by atoms with Gasteiger partial charge in [0.05, 0.1) is 6.54 Å². The van der Waals surface area contributed by atoms with Crippen molar-refractivity contribution in [2.45, 2.75) is 13.0 Å². The van der Waals surface area contributed by atoms with Crippen molar-refractivity contribution in [3.05, 3.63) is 65.7 Å². The summed E-state index contributed by atoms with van der Waals surface area (Å²) >= 11 is 0. The van der Waals surface area contributed by atoms with Gasteiger partial charge in [-0.15, -0.1) is 0 Å². The van der Waals surface area contributed by atoms with Gasteiger partial charge in [-0.1, -0.05) is 42.5 Å². The third-order valence-corrected chi connectivity index (χ3v) is 3.08. The zero-order valence-electron chi connectivity index (χ0n) is 11.0. The summed E-state index contributed by atoms with van der Waals surface area (Å²) < 4.78 is 0. The molecule has 0 aliphatic rings. The zero-order chi connectivity index (χ0) is 13.7. The molecule has 2 aromatic rings. The summed E-state index contributed by atoms with van der Waals surface area (Å²) in [6, 6.07) is 17.3. The third-order valence-electron chi connectivity index (χ3n) is 3.08. The Bertz CT molecular complexity index is 552. The maximum atomic E-state index is 12.0. The number of ketones is 1. The van der Waals surface area contributed by atoms with E-state index in [0.29, 0.717) is 17.8 Å². The van der Waals surface area contributed by atoms with Gasteiger partial charge < -0.3 is 11.1 Å². The number of carbonyl (C=O) groups is 1. The number of rotatable bonds is 5. The fraction of sp³-hybridized carbons (Fsp3) is 0.188. The predicted octanol–water partition coefficient (Wildman–Crippen LogP) is 2.80. The Labute approximate surface area is 113 Å². The van der Waals surface area contributed by atoms with E-state index in [9.17, 15) is 4.79 Å². The lowest BCUT2D eigenvalue weighted by atomic mass is 10.1. The lowest BCUT2D eigenvalue weighted by Crippen LogP contribution is -2.26. The molecule has 0 saturated carbocycles. The zero-order valence-corrected chi connectivity index (χ0v) is 11.0. The molecule has 0 heterocycles. The molecule has 0 saturated heterocycles. The lowest BCUT2D eigenvalue weighted by Gasteiger charge is -2.13. The largest absolute Gasteiger partial charge is 0.399 e. The molecule has 1 unspecified atom stereocenters. The Balaban J connectivity index is 1.94. The normalized spacial score (nSPS) is 12.1. The summed E-state index contributed by atoms with van der Waals surface area (Å²) in [4.78, 5) is 12.0. The van der Waals surface area contributed by atoms with Gasteiger partial charge in [0.1, 0.15) is 0 Å². The van der Waals surface area contributed by atoms with Crippen LogP contribution in [-0.4, -0.2) is 12.3 Å². The molecule has 2 rings (SSSR count). The highest BCUT2D eigenvalue weighted by molar-refractivity contribution is 5.98. The SMILES string of the molecule is CC(NCC(=O)c1cccc(N)c1)c1ccccc1. The standard InChI is InChI=1S/C16H18N2O/c1-12(13-6-3-2-4-7-13)18-11-16(19)14-8-5-9-15(17)10-14/h2-10,12,18H,11,17H2,1H3. The van der Waals surface area contributed by atoms with E-state index in [2.05, 4.69) is 5.32 Å². The fourth-order valence-corrected chi connectivity index (χ4v) is 1.92. The van der Waals surface area contributed by atoms with Crippen molar-refractivity contribution in [2.75, 3.05) is 12.3 Å². The summed E-state index contributed by atoms with van der Waals surface area (Å²) in [6.45, 7) is 2.35. The van der Waals surface area contributed by atoms with Gasteiger partial charge in [0.25, 0.3) is 0 Å². The lowest BCUT2D eigenvalue weighted by molar-refractivity contribution is 0.0988. The van der Waals surface area contributed by atoms with Crippen LogP contribution in [0.25, 0.3) is 0 Å². The molecule has 0 amide bonds. The maximum absolute atomic E-state index is 12.0. The van der Waals surface area contributed by atoms with E-state index < -0.39 is 0 Å². The second-order valence-electron chi connectivity index (χ2n) is 4.56. The quantitative estimate of drug-likeness (QED) is 0.637. The van der Waals surface area contributed by atoms with Crippen molar-refractivity contribution in [3.8, 4) is 0 Å². The van der Waals surface area contributed by atoms with Crippen molar-refractivity contribution >= 4 is 11.5 Å². The van der Waals surface area contributed by atoms with Crippen molar-refractivity contribution in [3.63, 3.8) is 0 Å². The molecule has 0 bridgehead atoms. The van der Waals surface area contributed by atoms with E-state index in [1.54, 1.807) is 24.3 Å². The first-order chi connectivity index (χ1) is 9.16. The minimum atomic E-state index is 0.0510. The van der Waals surface area contributed by atoms with E-state index in [1.165, 1.54) is 5.56 Å². The first kappa shape index (κ1) is 13.3. The van der Waals surface area contributed by atoms with Gasteiger partial charge in [-0.05, 0) is 24.6 Å². The highest BCUT2D eigenvalue weighted by Crippen LogP contribution is 2.12. The second-order valence-corrected chi connectivity index (χ2v) is 4.56. The van der Waals surface area contributed by atoms with Crippen LogP contribution in [0.2, 0.25) is 0 Å². The molecular formula is C16H18N2O. The Morgan fingerprint density at radius 2 is 1.89 bits per heavy atom. The second kappa shape index (κ2) is 6.16. The van der Waals surface area contributed by atoms with E-state index >= 15 is 0 Å². The number of hydrogen-bond donors (Lipinski definition) is 2. The Morgan fingerprint density at radius 1 is 1.16 bits per heavy atom. The average Bonchev–Trinajstić information content (AvgIpc) is 2.45. The molecule has 1 atom stereocenters. The summed E-state index contributed by atoms with van der Waals surface area (Å²) in [5.74, 6) is 0.0510. The average molecular weight is 254 g/mol. The Hall–Kier alpha value is -2.13. The number of nitrogens with one attached hydrogen (secondary N) is 1. The van der Waals surface area contributed by atoms with E-state index in [4.69, 9.17) is 5.73 Å². The van der Waals surface area contributed by atoms with Gasteiger partial charge in [-0.2, -0.15) is 0 Å². The molecule has 19 heavy (non-hydrogen) atoms. The minimum Gasteiger partial charge on any atom is -0.399 e. The van der Waals surface area contributed by atoms with E-state index in [1.807, 2.05) is 37.3 Å².